The minimum Gasteiger partial charge on any atom is -0.463 e. The summed E-state index contributed by atoms with van der Waals surface area (Å²) in [5.74, 6) is -2.15. The molecule has 1 aromatic carbocycles. The summed E-state index contributed by atoms with van der Waals surface area (Å²) in [6.45, 7) is 5.03. The van der Waals surface area contributed by atoms with Crippen molar-refractivity contribution in [1.29, 1.82) is 0 Å². The molecular weight excluding hydrogens is 532 g/mol. The van der Waals surface area contributed by atoms with Crippen molar-refractivity contribution in [2.75, 3.05) is 52.9 Å². The molecule has 0 spiro atoms. The fourth-order valence-electron chi connectivity index (χ4n) is 3.62. The molecule has 2 rings (SSSR count). The number of carbonyl (C=O) groups is 4. The molecule has 4 atom stereocenters. The lowest BCUT2D eigenvalue weighted by Gasteiger charge is -2.39. The van der Waals surface area contributed by atoms with Crippen LogP contribution in [-0.2, 0) is 68.4 Å². The Hall–Kier alpha value is -3.10. The van der Waals surface area contributed by atoms with Crippen LogP contribution in [0.1, 0.15) is 32.8 Å². The van der Waals surface area contributed by atoms with Crippen LogP contribution in [0.15, 0.2) is 30.3 Å². The normalized spacial score (nSPS) is 20.4. The second kappa shape index (κ2) is 19.1. The van der Waals surface area contributed by atoms with Crippen molar-refractivity contribution in [3.8, 4) is 0 Å². The first-order chi connectivity index (χ1) is 19.2. The van der Waals surface area contributed by atoms with Crippen LogP contribution in [0.2, 0.25) is 0 Å². The highest BCUT2D eigenvalue weighted by Crippen LogP contribution is 2.27. The summed E-state index contributed by atoms with van der Waals surface area (Å²) in [5, 5.41) is 0. The van der Waals surface area contributed by atoms with Gasteiger partial charge in [-0.15, -0.1) is 0 Å². The molecule has 0 radical (unpaired) electrons. The Labute approximate surface area is 233 Å². The summed E-state index contributed by atoms with van der Waals surface area (Å²) < 4.78 is 48.3. The van der Waals surface area contributed by atoms with Crippen LogP contribution in [0, 0.1) is 0 Å². The number of carbonyl (C=O) groups excluding carboxylic acids is 4. The largest absolute Gasteiger partial charge is 0.463 e. The van der Waals surface area contributed by atoms with Crippen molar-refractivity contribution in [2.24, 2.45) is 0 Å². The van der Waals surface area contributed by atoms with E-state index in [0.29, 0.717) is 13.2 Å². The first-order valence-electron chi connectivity index (χ1n) is 12.9. The molecule has 0 amide bonds. The molecule has 1 aromatic rings. The Balaban J connectivity index is 1.57. The van der Waals surface area contributed by atoms with Crippen molar-refractivity contribution in [3.63, 3.8) is 0 Å². The van der Waals surface area contributed by atoms with Gasteiger partial charge >= 0.3 is 23.9 Å². The van der Waals surface area contributed by atoms with Crippen LogP contribution in [0.3, 0.4) is 0 Å². The van der Waals surface area contributed by atoms with Crippen molar-refractivity contribution < 1.29 is 61.8 Å². The monoisotopic (exact) mass is 570 g/mol. The summed E-state index contributed by atoms with van der Waals surface area (Å²) in [7, 11) is 0. The van der Waals surface area contributed by atoms with Gasteiger partial charge in [-0.2, -0.15) is 0 Å². The van der Waals surface area contributed by atoms with Crippen LogP contribution in [0.4, 0.5) is 0 Å². The average Bonchev–Trinajstić information content (AvgIpc) is 2.90. The molecule has 0 bridgehead atoms. The van der Waals surface area contributed by atoms with Gasteiger partial charge in [0.05, 0.1) is 39.6 Å². The summed E-state index contributed by atoms with van der Waals surface area (Å²) in [4.78, 5) is 46.1. The van der Waals surface area contributed by atoms with Gasteiger partial charge in [0.1, 0.15) is 32.0 Å². The molecule has 0 aliphatic carbocycles. The van der Waals surface area contributed by atoms with E-state index in [1.807, 2.05) is 30.3 Å². The van der Waals surface area contributed by atoms with E-state index in [1.165, 1.54) is 20.8 Å². The highest BCUT2D eigenvalue weighted by atomic mass is 16.7. The topological polar surface area (TPSA) is 151 Å². The molecule has 1 heterocycles. The SMILES string of the molecule is CC(=O)OCC1OC(OCCOCCOCCOCC(=O)OCc2ccccc2)CC(OC(C)=O)C1OC(C)=O. The Morgan fingerprint density at radius 1 is 0.775 bits per heavy atom. The minimum absolute atomic E-state index is 0.108. The Bertz CT molecular complexity index is 907. The zero-order valence-electron chi connectivity index (χ0n) is 23.1. The van der Waals surface area contributed by atoms with E-state index < -0.39 is 48.5 Å². The van der Waals surface area contributed by atoms with E-state index in [0.717, 1.165) is 5.56 Å². The quantitative estimate of drug-likeness (QED) is 0.142. The lowest BCUT2D eigenvalue weighted by Crippen LogP contribution is -2.54. The summed E-state index contributed by atoms with van der Waals surface area (Å²) in [6.07, 6.45) is -3.40. The van der Waals surface area contributed by atoms with Crippen LogP contribution >= 0.6 is 0 Å². The molecule has 224 valence electrons. The highest BCUT2D eigenvalue weighted by molar-refractivity contribution is 5.70. The maximum Gasteiger partial charge on any atom is 0.332 e. The molecule has 0 saturated carbocycles. The van der Waals surface area contributed by atoms with Gasteiger partial charge in [-0.1, -0.05) is 30.3 Å². The maximum atomic E-state index is 11.7. The third-order valence-electron chi connectivity index (χ3n) is 5.29. The maximum absolute atomic E-state index is 11.7. The molecule has 1 saturated heterocycles. The van der Waals surface area contributed by atoms with Crippen molar-refractivity contribution in [3.05, 3.63) is 35.9 Å². The molecule has 4 unspecified atom stereocenters. The van der Waals surface area contributed by atoms with Crippen molar-refractivity contribution >= 4 is 23.9 Å². The van der Waals surface area contributed by atoms with E-state index in [2.05, 4.69) is 0 Å². The predicted octanol–water partition coefficient (Wildman–Crippen LogP) is 1.34. The number of benzene rings is 1. The molecule has 0 aromatic heterocycles. The molecule has 40 heavy (non-hydrogen) atoms. The van der Waals surface area contributed by atoms with Crippen LogP contribution < -0.4 is 0 Å². The number of hydrogen-bond donors (Lipinski definition) is 0. The molecule has 1 fully saturated rings. The molecular formula is C27H38O13. The predicted molar refractivity (Wildman–Crippen MR) is 136 cm³/mol. The minimum atomic E-state index is -0.960. The van der Waals surface area contributed by atoms with Gasteiger partial charge in [-0.3, -0.25) is 14.4 Å². The van der Waals surface area contributed by atoms with E-state index in [4.69, 9.17) is 42.6 Å². The number of ether oxygens (including phenoxy) is 9. The van der Waals surface area contributed by atoms with E-state index in [1.54, 1.807) is 0 Å². The lowest BCUT2D eigenvalue weighted by molar-refractivity contribution is -0.267. The van der Waals surface area contributed by atoms with Crippen LogP contribution in [0.25, 0.3) is 0 Å². The first-order valence-corrected chi connectivity index (χ1v) is 12.9. The molecule has 13 heteroatoms. The van der Waals surface area contributed by atoms with E-state index >= 15 is 0 Å². The third-order valence-corrected chi connectivity index (χ3v) is 5.29. The molecule has 1 aliphatic heterocycles. The first kappa shape index (κ1) is 33.1. The zero-order chi connectivity index (χ0) is 29.2. The Kier molecular flexibility index (Phi) is 15.8. The average molecular weight is 571 g/mol. The van der Waals surface area contributed by atoms with Gasteiger partial charge in [0, 0.05) is 27.2 Å². The summed E-state index contributed by atoms with van der Waals surface area (Å²) in [6, 6.07) is 9.36. The van der Waals surface area contributed by atoms with Gasteiger partial charge in [-0.05, 0) is 5.56 Å². The van der Waals surface area contributed by atoms with Gasteiger partial charge in [-0.25, -0.2) is 4.79 Å². The summed E-state index contributed by atoms with van der Waals surface area (Å²) >= 11 is 0. The van der Waals surface area contributed by atoms with Gasteiger partial charge in [0.15, 0.2) is 12.4 Å². The fourth-order valence-corrected chi connectivity index (χ4v) is 3.62. The van der Waals surface area contributed by atoms with Gasteiger partial charge in [0.25, 0.3) is 0 Å². The lowest BCUT2D eigenvalue weighted by atomic mass is 10.0. The Morgan fingerprint density at radius 2 is 1.40 bits per heavy atom. The van der Waals surface area contributed by atoms with Gasteiger partial charge < -0.3 is 42.6 Å². The molecule has 1 aliphatic rings. The zero-order valence-corrected chi connectivity index (χ0v) is 23.1. The second-order valence-electron chi connectivity index (χ2n) is 8.66. The number of esters is 4. The van der Waals surface area contributed by atoms with E-state index in [-0.39, 0.29) is 52.7 Å². The van der Waals surface area contributed by atoms with Crippen molar-refractivity contribution in [1.82, 2.24) is 0 Å². The van der Waals surface area contributed by atoms with Crippen molar-refractivity contribution in [2.45, 2.75) is 58.4 Å². The number of hydrogen-bond acceptors (Lipinski definition) is 13. The Morgan fingerprint density at radius 3 is 2.02 bits per heavy atom. The summed E-state index contributed by atoms with van der Waals surface area (Å²) in [5.41, 5.74) is 0.901. The van der Waals surface area contributed by atoms with Crippen LogP contribution in [0.5, 0.6) is 0 Å². The smallest absolute Gasteiger partial charge is 0.332 e. The standard InChI is InChI=1S/C27H38O13/c1-19(28)36-17-24-27(39-21(3)30)23(38-20(2)29)15-26(40-24)35-14-13-33-10-9-32-11-12-34-18-25(31)37-16-22-7-5-4-6-8-22/h4-8,23-24,26-27H,9-18H2,1-3H3. The highest BCUT2D eigenvalue weighted by Gasteiger charge is 2.44. The third kappa shape index (κ3) is 14.3. The number of rotatable bonds is 18. The molecule has 0 N–H and O–H groups in total. The second-order valence-corrected chi connectivity index (χ2v) is 8.66. The fraction of sp³-hybridized carbons (Fsp3) is 0.630. The molecule has 13 nitrogen and oxygen atoms in total. The van der Waals surface area contributed by atoms with Crippen LogP contribution in [-0.4, -0.2) is 101 Å². The van der Waals surface area contributed by atoms with E-state index in [9.17, 15) is 19.2 Å². The van der Waals surface area contributed by atoms with Gasteiger partial charge in [0.2, 0.25) is 0 Å².